The predicted octanol–water partition coefficient (Wildman–Crippen LogP) is 5.16. The highest BCUT2D eigenvalue weighted by Crippen LogP contribution is 2.44. The topological polar surface area (TPSA) is 57.2 Å². The molecule has 0 unspecified atom stereocenters. The average molecular weight is 476 g/mol. The Hall–Kier alpha value is -3.84. The van der Waals surface area contributed by atoms with Crippen LogP contribution in [-0.4, -0.2) is 38.2 Å². The van der Waals surface area contributed by atoms with Crippen molar-refractivity contribution in [3.05, 3.63) is 87.9 Å². The van der Waals surface area contributed by atoms with Crippen LogP contribution in [0.3, 0.4) is 0 Å². The number of rotatable bonds is 6. The first-order valence-corrected chi connectivity index (χ1v) is 11.4. The zero-order valence-electron chi connectivity index (χ0n) is 19.9. The van der Waals surface area contributed by atoms with Crippen molar-refractivity contribution in [2.24, 2.45) is 0 Å². The van der Waals surface area contributed by atoms with E-state index < -0.39 is 5.82 Å². The molecule has 0 bridgehead atoms. The van der Waals surface area contributed by atoms with Crippen LogP contribution in [0.2, 0.25) is 0 Å². The fourth-order valence-electron chi connectivity index (χ4n) is 4.48. The molecular formula is C28H26FNO5. The van der Waals surface area contributed by atoms with Crippen molar-refractivity contribution >= 4 is 11.9 Å². The molecule has 2 aliphatic rings. The largest absolute Gasteiger partial charge is 0.493 e. The molecule has 0 N–H and O–H groups in total. The van der Waals surface area contributed by atoms with Crippen molar-refractivity contribution in [2.45, 2.75) is 19.9 Å². The Morgan fingerprint density at radius 3 is 2.66 bits per heavy atom. The number of carbonyl (C=O) groups excluding carboxylic acids is 1. The van der Waals surface area contributed by atoms with Gasteiger partial charge in [-0.25, -0.2) is 4.39 Å². The standard InChI is InChI=1S/C28H26FNO5/c1-17-12-23-20(28-26(17)27(31)25(35-28)14-19-6-4-5-7-21(19)29)15-30(16-34-23)11-10-18-8-9-22(32-2)24(13-18)33-3/h4-9,12-14H,10-11,15-16H2,1-3H3/b25-14+. The van der Waals surface area contributed by atoms with Crippen LogP contribution in [0.4, 0.5) is 4.39 Å². The van der Waals surface area contributed by atoms with Crippen molar-refractivity contribution in [3.8, 4) is 23.0 Å². The maximum atomic E-state index is 14.2. The smallest absolute Gasteiger partial charge is 0.232 e. The number of Topliss-reactive ketones (excluding diaryl/α,β-unsaturated/α-hetero) is 1. The summed E-state index contributed by atoms with van der Waals surface area (Å²) in [4.78, 5) is 15.3. The van der Waals surface area contributed by atoms with Gasteiger partial charge in [-0.1, -0.05) is 24.3 Å². The summed E-state index contributed by atoms with van der Waals surface area (Å²) < 4.78 is 36.9. The fraction of sp³-hybridized carbons (Fsp3) is 0.250. The number of hydrogen-bond acceptors (Lipinski definition) is 6. The molecule has 35 heavy (non-hydrogen) atoms. The number of aryl methyl sites for hydroxylation is 1. The molecule has 180 valence electrons. The van der Waals surface area contributed by atoms with Gasteiger partial charge in [-0.3, -0.25) is 9.69 Å². The number of carbonyl (C=O) groups is 1. The van der Waals surface area contributed by atoms with Crippen LogP contribution in [0, 0.1) is 12.7 Å². The van der Waals surface area contributed by atoms with Crippen molar-refractivity contribution in [2.75, 3.05) is 27.5 Å². The molecule has 6 nitrogen and oxygen atoms in total. The van der Waals surface area contributed by atoms with Crippen LogP contribution >= 0.6 is 0 Å². The lowest BCUT2D eigenvalue weighted by atomic mass is 9.98. The lowest BCUT2D eigenvalue weighted by Crippen LogP contribution is -2.34. The van der Waals surface area contributed by atoms with Crippen LogP contribution in [0.1, 0.15) is 32.6 Å². The molecule has 5 rings (SSSR count). The van der Waals surface area contributed by atoms with Gasteiger partial charge in [0, 0.05) is 18.7 Å². The average Bonchev–Trinajstić information content (AvgIpc) is 3.20. The van der Waals surface area contributed by atoms with Gasteiger partial charge in [0.25, 0.3) is 0 Å². The number of hydrogen-bond donors (Lipinski definition) is 0. The second kappa shape index (κ2) is 9.43. The Morgan fingerprint density at radius 2 is 1.89 bits per heavy atom. The quantitative estimate of drug-likeness (QED) is 0.459. The van der Waals surface area contributed by atoms with Gasteiger partial charge in [-0.2, -0.15) is 0 Å². The first kappa shape index (κ1) is 22.9. The van der Waals surface area contributed by atoms with Crippen molar-refractivity contribution in [1.29, 1.82) is 0 Å². The van der Waals surface area contributed by atoms with E-state index in [0.717, 1.165) is 29.7 Å². The van der Waals surface area contributed by atoms with Crippen LogP contribution in [0.5, 0.6) is 23.0 Å². The molecule has 0 aliphatic carbocycles. The van der Waals surface area contributed by atoms with E-state index in [4.69, 9.17) is 18.9 Å². The molecule has 0 atom stereocenters. The molecule has 2 aliphatic heterocycles. The minimum atomic E-state index is -0.407. The summed E-state index contributed by atoms with van der Waals surface area (Å²) in [6, 6.07) is 14.1. The monoisotopic (exact) mass is 475 g/mol. The first-order chi connectivity index (χ1) is 17.0. The molecule has 0 fully saturated rings. The van der Waals surface area contributed by atoms with Gasteiger partial charge in [0.15, 0.2) is 17.3 Å². The SMILES string of the molecule is COc1ccc(CCN2COc3cc(C)c4c(c3C2)O/C(=C/c2ccccc2F)C4=O)cc1OC. The van der Waals surface area contributed by atoms with Gasteiger partial charge in [0.1, 0.15) is 24.0 Å². The lowest BCUT2D eigenvalue weighted by molar-refractivity contribution is 0.0949. The molecule has 7 heteroatoms. The highest BCUT2D eigenvalue weighted by Gasteiger charge is 2.35. The first-order valence-electron chi connectivity index (χ1n) is 11.4. The van der Waals surface area contributed by atoms with E-state index in [1.165, 1.54) is 12.1 Å². The number of methoxy groups -OCH3 is 2. The summed E-state index contributed by atoms with van der Waals surface area (Å²) in [6.07, 6.45) is 2.24. The number of halogens is 1. The molecule has 0 radical (unpaired) electrons. The summed E-state index contributed by atoms with van der Waals surface area (Å²) in [7, 11) is 3.24. The van der Waals surface area contributed by atoms with Gasteiger partial charge in [-0.15, -0.1) is 0 Å². The highest BCUT2D eigenvalue weighted by atomic mass is 19.1. The molecule has 0 amide bonds. The van der Waals surface area contributed by atoms with Crippen LogP contribution < -0.4 is 18.9 Å². The van der Waals surface area contributed by atoms with Crippen LogP contribution in [0.25, 0.3) is 6.08 Å². The molecule has 2 heterocycles. The molecule has 0 spiro atoms. The minimum Gasteiger partial charge on any atom is -0.493 e. The molecule has 3 aromatic rings. The van der Waals surface area contributed by atoms with Crippen LogP contribution in [0.15, 0.2) is 54.3 Å². The Balaban J connectivity index is 1.37. The van der Waals surface area contributed by atoms with Gasteiger partial charge in [-0.05, 0) is 54.8 Å². The summed E-state index contributed by atoms with van der Waals surface area (Å²) >= 11 is 0. The molecular weight excluding hydrogens is 449 g/mol. The maximum Gasteiger partial charge on any atom is 0.232 e. The van der Waals surface area contributed by atoms with E-state index in [1.54, 1.807) is 32.4 Å². The van der Waals surface area contributed by atoms with Gasteiger partial charge < -0.3 is 18.9 Å². The number of benzene rings is 3. The van der Waals surface area contributed by atoms with E-state index in [9.17, 15) is 9.18 Å². The molecule has 0 saturated heterocycles. The van der Waals surface area contributed by atoms with Gasteiger partial charge in [0.05, 0.1) is 25.3 Å². The van der Waals surface area contributed by atoms with E-state index in [0.29, 0.717) is 47.4 Å². The highest BCUT2D eigenvalue weighted by molar-refractivity contribution is 6.15. The second-order valence-corrected chi connectivity index (χ2v) is 8.60. The molecule has 3 aromatic carbocycles. The van der Waals surface area contributed by atoms with Crippen molar-refractivity contribution < 1.29 is 28.1 Å². The number of ketones is 1. The number of allylic oxidation sites excluding steroid dienone is 1. The lowest BCUT2D eigenvalue weighted by Gasteiger charge is -2.30. The third-order valence-corrected chi connectivity index (χ3v) is 6.34. The maximum absolute atomic E-state index is 14.2. The summed E-state index contributed by atoms with van der Waals surface area (Å²) in [6.45, 7) is 3.61. The summed E-state index contributed by atoms with van der Waals surface area (Å²) in [5, 5.41) is 0. The third kappa shape index (κ3) is 4.35. The summed E-state index contributed by atoms with van der Waals surface area (Å²) in [5.74, 6) is 2.07. The van der Waals surface area contributed by atoms with Gasteiger partial charge >= 0.3 is 0 Å². The zero-order valence-corrected chi connectivity index (χ0v) is 19.9. The second-order valence-electron chi connectivity index (χ2n) is 8.60. The molecule has 0 saturated carbocycles. The number of ether oxygens (including phenoxy) is 4. The molecule has 0 aromatic heterocycles. The Bertz CT molecular complexity index is 1330. The van der Waals surface area contributed by atoms with Gasteiger partial charge in [0.2, 0.25) is 5.78 Å². The van der Waals surface area contributed by atoms with Crippen molar-refractivity contribution in [3.63, 3.8) is 0 Å². The van der Waals surface area contributed by atoms with Crippen molar-refractivity contribution in [1.82, 2.24) is 4.90 Å². The minimum absolute atomic E-state index is 0.115. The number of fused-ring (bicyclic) bond motifs is 3. The zero-order chi connectivity index (χ0) is 24.5. The van der Waals surface area contributed by atoms with E-state index in [1.807, 2.05) is 31.2 Å². The third-order valence-electron chi connectivity index (χ3n) is 6.34. The normalized spacial score (nSPS) is 15.9. The fourth-order valence-corrected chi connectivity index (χ4v) is 4.48. The Morgan fingerprint density at radius 1 is 1.09 bits per heavy atom. The summed E-state index contributed by atoms with van der Waals surface area (Å²) in [5.41, 5.74) is 3.54. The van der Waals surface area contributed by atoms with E-state index in [-0.39, 0.29) is 11.5 Å². The van der Waals surface area contributed by atoms with E-state index >= 15 is 0 Å². The predicted molar refractivity (Wildman–Crippen MR) is 130 cm³/mol. The number of nitrogens with zero attached hydrogens (tertiary/aromatic N) is 1. The Kier molecular flexibility index (Phi) is 6.17. The van der Waals surface area contributed by atoms with E-state index in [2.05, 4.69) is 4.90 Å². The Labute approximate surface area is 203 Å². The van der Waals surface area contributed by atoms with Crippen LogP contribution in [-0.2, 0) is 13.0 Å².